The second kappa shape index (κ2) is 4.97. The van der Waals surface area contributed by atoms with E-state index in [2.05, 4.69) is 13.8 Å². The third-order valence-corrected chi connectivity index (χ3v) is 2.70. The molecule has 0 radical (unpaired) electrons. The van der Waals surface area contributed by atoms with Gasteiger partial charge in [0.05, 0.1) is 10.8 Å². The van der Waals surface area contributed by atoms with E-state index in [1.807, 2.05) is 36.4 Å². The van der Waals surface area contributed by atoms with Gasteiger partial charge in [-0.15, -0.1) is 0 Å². The summed E-state index contributed by atoms with van der Waals surface area (Å²) < 4.78 is 11.6. The molecule has 0 aromatic heterocycles. The molecule has 1 unspecified atom stereocenters. The van der Waals surface area contributed by atoms with Gasteiger partial charge in [-0.1, -0.05) is 38.1 Å². The topological polar surface area (TPSA) is 17.1 Å². The van der Waals surface area contributed by atoms with Crippen molar-refractivity contribution >= 4 is 10.8 Å². The van der Waals surface area contributed by atoms with Crippen molar-refractivity contribution in [2.24, 2.45) is 5.92 Å². The van der Waals surface area contributed by atoms with E-state index in [0.29, 0.717) is 5.92 Å². The first-order chi connectivity index (χ1) is 6.20. The van der Waals surface area contributed by atoms with Gasteiger partial charge in [-0.3, -0.25) is 0 Å². The molecule has 0 bridgehead atoms. The summed E-state index contributed by atoms with van der Waals surface area (Å²) in [7, 11) is -0.985. The summed E-state index contributed by atoms with van der Waals surface area (Å²) in [6, 6.07) is 9.47. The van der Waals surface area contributed by atoms with Crippen LogP contribution < -0.4 is 0 Å². The molecule has 1 nitrogen and oxygen atoms in total. The fraction of sp³-hybridized carbons (Fsp3) is 0.273. The van der Waals surface area contributed by atoms with Crippen molar-refractivity contribution in [3.63, 3.8) is 0 Å². The minimum atomic E-state index is -0.985. The molecule has 1 atom stereocenters. The lowest BCUT2D eigenvalue weighted by molar-refractivity contribution is 0.688. The zero-order chi connectivity index (χ0) is 9.68. The van der Waals surface area contributed by atoms with Gasteiger partial charge in [0.25, 0.3) is 0 Å². The third kappa shape index (κ3) is 3.55. The van der Waals surface area contributed by atoms with E-state index < -0.39 is 10.8 Å². The van der Waals surface area contributed by atoms with Gasteiger partial charge in [-0.25, -0.2) is 4.21 Å². The molecule has 0 heterocycles. The zero-order valence-corrected chi connectivity index (χ0v) is 8.75. The first kappa shape index (κ1) is 10.2. The SMILES string of the molecule is CC(C)/C=C/S(=O)c1ccccc1. The van der Waals surface area contributed by atoms with Crippen LogP contribution in [-0.2, 0) is 10.8 Å². The fourth-order valence-electron chi connectivity index (χ4n) is 0.862. The molecule has 2 heteroatoms. The van der Waals surface area contributed by atoms with Crippen molar-refractivity contribution in [3.8, 4) is 0 Å². The van der Waals surface area contributed by atoms with Crippen LogP contribution in [0, 0.1) is 5.92 Å². The molecule has 1 aromatic rings. The Morgan fingerprint density at radius 1 is 1.23 bits per heavy atom. The lowest BCUT2D eigenvalue weighted by Crippen LogP contribution is -1.86. The van der Waals surface area contributed by atoms with Crippen molar-refractivity contribution in [2.75, 3.05) is 0 Å². The Hall–Kier alpha value is -0.890. The highest BCUT2D eigenvalue weighted by molar-refractivity contribution is 7.88. The van der Waals surface area contributed by atoms with E-state index in [1.165, 1.54) is 0 Å². The van der Waals surface area contributed by atoms with E-state index in [-0.39, 0.29) is 0 Å². The highest BCUT2D eigenvalue weighted by atomic mass is 32.2. The van der Waals surface area contributed by atoms with Gasteiger partial charge in [0.1, 0.15) is 0 Å². The van der Waals surface area contributed by atoms with Crippen molar-refractivity contribution in [1.82, 2.24) is 0 Å². The second-order valence-corrected chi connectivity index (χ2v) is 4.52. The molecule has 13 heavy (non-hydrogen) atoms. The number of allylic oxidation sites excluding steroid dienone is 1. The normalized spacial score (nSPS) is 13.8. The van der Waals surface area contributed by atoms with E-state index in [4.69, 9.17) is 0 Å². The Kier molecular flexibility index (Phi) is 3.90. The summed E-state index contributed by atoms with van der Waals surface area (Å²) >= 11 is 0. The molecule has 0 N–H and O–H groups in total. The predicted octanol–water partition coefficient (Wildman–Crippen LogP) is 2.96. The van der Waals surface area contributed by atoms with Crippen LogP contribution in [0.2, 0.25) is 0 Å². The lowest BCUT2D eigenvalue weighted by Gasteiger charge is -1.96. The van der Waals surface area contributed by atoms with Gasteiger partial charge >= 0.3 is 0 Å². The van der Waals surface area contributed by atoms with E-state index in [1.54, 1.807) is 5.41 Å². The summed E-state index contributed by atoms with van der Waals surface area (Å²) in [6.45, 7) is 4.14. The van der Waals surface area contributed by atoms with Crippen molar-refractivity contribution < 1.29 is 4.21 Å². The number of rotatable bonds is 3. The zero-order valence-electron chi connectivity index (χ0n) is 7.94. The number of hydrogen-bond acceptors (Lipinski definition) is 1. The summed E-state index contributed by atoms with van der Waals surface area (Å²) in [5.74, 6) is 0.452. The van der Waals surface area contributed by atoms with Crippen LogP contribution >= 0.6 is 0 Å². The molecular weight excluding hydrogens is 180 g/mol. The number of benzene rings is 1. The first-order valence-electron chi connectivity index (χ1n) is 4.34. The summed E-state index contributed by atoms with van der Waals surface area (Å²) in [6.07, 6.45) is 1.96. The maximum atomic E-state index is 11.6. The summed E-state index contributed by atoms with van der Waals surface area (Å²) in [5.41, 5.74) is 0. The van der Waals surface area contributed by atoms with Gasteiger partial charge in [0.15, 0.2) is 0 Å². The molecule has 70 valence electrons. The van der Waals surface area contributed by atoms with Gasteiger partial charge in [-0.2, -0.15) is 0 Å². The Balaban J connectivity index is 2.70. The molecule has 0 saturated heterocycles. The van der Waals surface area contributed by atoms with E-state index in [0.717, 1.165) is 4.90 Å². The molecule has 0 amide bonds. The van der Waals surface area contributed by atoms with Gasteiger partial charge < -0.3 is 0 Å². The third-order valence-electron chi connectivity index (χ3n) is 1.56. The first-order valence-corrected chi connectivity index (χ1v) is 5.55. The van der Waals surface area contributed by atoms with E-state index in [9.17, 15) is 4.21 Å². The maximum absolute atomic E-state index is 11.6. The molecule has 0 aliphatic carbocycles. The molecule has 0 aliphatic rings. The standard InChI is InChI=1S/C11H14OS/c1-10(2)8-9-13(12)11-6-4-3-5-7-11/h3-10H,1-2H3/b9-8+. The minimum Gasteiger partial charge on any atom is -0.250 e. The number of hydrogen-bond donors (Lipinski definition) is 0. The Labute approximate surface area is 81.9 Å². The van der Waals surface area contributed by atoms with Crippen LogP contribution in [0.5, 0.6) is 0 Å². The average Bonchev–Trinajstić information content (AvgIpc) is 2.15. The quantitative estimate of drug-likeness (QED) is 0.723. The van der Waals surface area contributed by atoms with Crippen LogP contribution in [-0.4, -0.2) is 4.21 Å². The van der Waals surface area contributed by atoms with Crippen molar-refractivity contribution in [2.45, 2.75) is 18.7 Å². The summed E-state index contributed by atoms with van der Waals surface area (Å²) in [4.78, 5) is 0.861. The largest absolute Gasteiger partial charge is 0.250 e. The lowest BCUT2D eigenvalue weighted by atomic mass is 10.2. The van der Waals surface area contributed by atoms with Crippen molar-refractivity contribution in [3.05, 3.63) is 41.8 Å². The van der Waals surface area contributed by atoms with Gasteiger partial charge in [-0.05, 0) is 18.1 Å². The Morgan fingerprint density at radius 2 is 1.85 bits per heavy atom. The Bertz CT molecular complexity index is 301. The average molecular weight is 194 g/mol. The monoisotopic (exact) mass is 194 g/mol. The maximum Gasteiger partial charge on any atom is 0.0772 e. The molecule has 1 aromatic carbocycles. The van der Waals surface area contributed by atoms with Gasteiger partial charge in [0.2, 0.25) is 0 Å². The highest BCUT2D eigenvalue weighted by Gasteiger charge is 1.96. The molecule has 0 saturated carbocycles. The van der Waals surface area contributed by atoms with Gasteiger partial charge in [0, 0.05) is 10.3 Å². The van der Waals surface area contributed by atoms with Crippen LogP contribution in [0.4, 0.5) is 0 Å². The molecule has 0 aliphatic heterocycles. The molecule has 0 spiro atoms. The summed E-state index contributed by atoms with van der Waals surface area (Å²) in [5, 5.41) is 1.75. The molecule has 1 rings (SSSR count). The fourth-order valence-corrected chi connectivity index (χ4v) is 1.90. The second-order valence-electron chi connectivity index (χ2n) is 3.18. The smallest absolute Gasteiger partial charge is 0.0772 e. The minimum absolute atomic E-state index is 0.452. The predicted molar refractivity (Wildman–Crippen MR) is 56.8 cm³/mol. The Morgan fingerprint density at radius 3 is 2.38 bits per heavy atom. The van der Waals surface area contributed by atoms with Crippen LogP contribution in [0.15, 0.2) is 46.7 Å². The van der Waals surface area contributed by atoms with Crippen LogP contribution in [0.1, 0.15) is 13.8 Å². The molecule has 0 fully saturated rings. The molecular formula is C11H14OS. The van der Waals surface area contributed by atoms with Crippen molar-refractivity contribution in [1.29, 1.82) is 0 Å². The highest BCUT2D eigenvalue weighted by Crippen LogP contribution is 2.07. The van der Waals surface area contributed by atoms with E-state index >= 15 is 0 Å². The van der Waals surface area contributed by atoms with Crippen LogP contribution in [0.25, 0.3) is 0 Å². The van der Waals surface area contributed by atoms with Crippen LogP contribution in [0.3, 0.4) is 0 Å².